The van der Waals surface area contributed by atoms with Crippen molar-refractivity contribution in [1.29, 1.82) is 0 Å². The minimum Gasteiger partial charge on any atom is -0.376 e. The Labute approximate surface area is 133 Å². The molecule has 2 aromatic rings. The fraction of sp³-hybridized carbons (Fsp3) is 0.0625. The number of carbonyl (C=O) groups is 2. The highest BCUT2D eigenvalue weighted by molar-refractivity contribution is 7.80. The maximum Gasteiger partial charge on any atom is 0.255 e. The van der Waals surface area contributed by atoms with Crippen LogP contribution >= 0.6 is 12.2 Å². The molecule has 0 saturated heterocycles. The highest BCUT2D eigenvalue weighted by atomic mass is 32.1. The van der Waals surface area contributed by atoms with Gasteiger partial charge in [0.15, 0.2) is 10.9 Å². The summed E-state index contributed by atoms with van der Waals surface area (Å²) in [5.74, 6) is -0.342. The SMILES string of the molecule is CC(=O)c1cccc(NC(=O)c2cccc(NC(N)=S)c2)c1. The lowest BCUT2D eigenvalue weighted by Gasteiger charge is -2.08. The summed E-state index contributed by atoms with van der Waals surface area (Å²) >= 11 is 4.76. The van der Waals surface area contributed by atoms with Gasteiger partial charge >= 0.3 is 0 Å². The summed E-state index contributed by atoms with van der Waals surface area (Å²) < 4.78 is 0. The topological polar surface area (TPSA) is 84.2 Å². The first-order chi connectivity index (χ1) is 10.5. The summed E-state index contributed by atoms with van der Waals surface area (Å²) in [6.45, 7) is 1.48. The van der Waals surface area contributed by atoms with Crippen molar-refractivity contribution in [3.63, 3.8) is 0 Å². The molecule has 22 heavy (non-hydrogen) atoms. The number of hydrogen-bond donors (Lipinski definition) is 3. The predicted octanol–water partition coefficient (Wildman–Crippen LogP) is 2.80. The highest BCUT2D eigenvalue weighted by Gasteiger charge is 2.08. The number of nitrogens with one attached hydrogen (secondary N) is 2. The van der Waals surface area contributed by atoms with Crippen molar-refractivity contribution in [3.8, 4) is 0 Å². The number of rotatable bonds is 4. The molecule has 0 fully saturated rings. The normalized spacial score (nSPS) is 9.86. The maximum absolute atomic E-state index is 12.2. The maximum atomic E-state index is 12.2. The number of benzene rings is 2. The van der Waals surface area contributed by atoms with Gasteiger partial charge in [0, 0.05) is 22.5 Å². The van der Waals surface area contributed by atoms with Crippen molar-refractivity contribution in [3.05, 3.63) is 59.7 Å². The fourth-order valence-electron chi connectivity index (χ4n) is 1.90. The van der Waals surface area contributed by atoms with E-state index in [0.29, 0.717) is 22.5 Å². The number of nitrogens with two attached hydrogens (primary N) is 1. The van der Waals surface area contributed by atoms with Crippen LogP contribution in [0.4, 0.5) is 11.4 Å². The zero-order valence-corrected chi connectivity index (χ0v) is 12.7. The van der Waals surface area contributed by atoms with E-state index >= 15 is 0 Å². The molecule has 0 unspecified atom stereocenters. The van der Waals surface area contributed by atoms with Crippen LogP contribution < -0.4 is 16.4 Å². The Morgan fingerprint density at radius 1 is 0.955 bits per heavy atom. The molecule has 0 aliphatic carbocycles. The Balaban J connectivity index is 2.17. The van der Waals surface area contributed by atoms with E-state index < -0.39 is 0 Å². The molecule has 2 aromatic carbocycles. The zero-order chi connectivity index (χ0) is 16.1. The van der Waals surface area contributed by atoms with Crippen molar-refractivity contribution in [1.82, 2.24) is 0 Å². The van der Waals surface area contributed by atoms with Crippen LogP contribution in [0.3, 0.4) is 0 Å². The van der Waals surface area contributed by atoms with Gasteiger partial charge in [-0.25, -0.2) is 0 Å². The third-order valence-corrected chi connectivity index (χ3v) is 3.02. The number of ketones is 1. The second-order valence-corrected chi connectivity index (χ2v) is 5.10. The minimum atomic E-state index is -0.285. The first-order valence-corrected chi connectivity index (χ1v) is 6.95. The molecule has 0 saturated carbocycles. The molecule has 0 aromatic heterocycles. The summed E-state index contributed by atoms with van der Waals surface area (Å²) in [5.41, 5.74) is 7.60. The molecule has 0 bridgehead atoms. The van der Waals surface area contributed by atoms with Crippen LogP contribution in [-0.4, -0.2) is 16.8 Å². The second kappa shape index (κ2) is 6.82. The van der Waals surface area contributed by atoms with Crippen LogP contribution in [0.15, 0.2) is 48.5 Å². The van der Waals surface area contributed by atoms with Crippen LogP contribution in [0.2, 0.25) is 0 Å². The quantitative estimate of drug-likeness (QED) is 0.597. The van der Waals surface area contributed by atoms with Crippen molar-refractivity contribution in [2.75, 3.05) is 10.6 Å². The second-order valence-electron chi connectivity index (χ2n) is 4.66. The molecule has 0 heterocycles. The van der Waals surface area contributed by atoms with E-state index in [4.69, 9.17) is 18.0 Å². The van der Waals surface area contributed by atoms with Gasteiger partial charge in [-0.3, -0.25) is 9.59 Å². The third-order valence-electron chi connectivity index (χ3n) is 2.92. The molecule has 4 N–H and O–H groups in total. The van der Waals surface area contributed by atoms with E-state index in [2.05, 4.69) is 10.6 Å². The van der Waals surface area contributed by atoms with Gasteiger partial charge in [0.1, 0.15) is 0 Å². The van der Waals surface area contributed by atoms with Crippen molar-refractivity contribution >= 4 is 40.4 Å². The first-order valence-electron chi connectivity index (χ1n) is 6.54. The monoisotopic (exact) mass is 313 g/mol. The van der Waals surface area contributed by atoms with E-state index in [1.54, 1.807) is 48.5 Å². The molecule has 0 radical (unpaired) electrons. The number of thiocarbonyl (C=S) groups is 1. The number of Topliss-reactive ketones (excluding diaryl/α,β-unsaturated/α-hetero) is 1. The van der Waals surface area contributed by atoms with Gasteiger partial charge in [0.05, 0.1) is 0 Å². The van der Waals surface area contributed by atoms with Gasteiger partial charge in [-0.1, -0.05) is 18.2 Å². The van der Waals surface area contributed by atoms with Gasteiger partial charge < -0.3 is 16.4 Å². The Hall–Kier alpha value is -2.73. The fourth-order valence-corrected chi connectivity index (χ4v) is 2.02. The van der Waals surface area contributed by atoms with Gasteiger partial charge in [-0.2, -0.15) is 0 Å². The molecular formula is C16H15N3O2S. The van der Waals surface area contributed by atoms with Crippen LogP contribution in [0.5, 0.6) is 0 Å². The van der Waals surface area contributed by atoms with E-state index in [1.165, 1.54) is 6.92 Å². The van der Waals surface area contributed by atoms with Crippen molar-refractivity contribution in [2.24, 2.45) is 5.73 Å². The summed E-state index contributed by atoms with van der Waals surface area (Å²) in [6.07, 6.45) is 0. The molecule has 0 spiro atoms. The first kappa shape index (κ1) is 15.7. The summed E-state index contributed by atoms with van der Waals surface area (Å²) in [4.78, 5) is 23.6. The lowest BCUT2D eigenvalue weighted by molar-refractivity contribution is 0.101. The number of amides is 1. The Morgan fingerprint density at radius 3 is 2.09 bits per heavy atom. The summed E-state index contributed by atoms with van der Waals surface area (Å²) in [7, 11) is 0. The average molecular weight is 313 g/mol. The van der Waals surface area contributed by atoms with Crippen molar-refractivity contribution in [2.45, 2.75) is 6.92 Å². The van der Waals surface area contributed by atoms with Crippen LogP contribution in [0.1, 0.15) is 27.6 Å². The van der Waals surface area contributed by atoms with Gasteiger partial charge in [-0.05, 0) is 49.5 Å². The third kappa shape index (κ3) is 4.13. The molecule has 0 aliphatic heterocycles. The predicted molar refractivity (Wildman–Crippen MR) is 91.2 cm³/mol. The smallest absolute Gasteiger partial charge is 0.255 e. The molecule has 0 aliphatic rings. The minimum absolute atomic E-state index is 0.0567. The van der Waals surface area contributed by atoms with Crippen molar-refractivity contribution < 1.29 is 9.59 Å². The zero-order valence-electron chi connectivity index (χ0n) is 11.9. The standard InChI is InChI=1S/C16H15N3O2S/c1-10(20)11-4-2-6-13(8-11)18-15(21)12-5-3-7-14(9-12)19-16(17)22/h2-9H,1H3,(H,18,21)(H3,17,19,22). The number of anilines is 2. The molecule has 5 nitrogen and oxygen atoms in total. The molecule has 112 valence electrons. The number of hydrogen-bond acceptors (Lipinski definition) is 3. The summed E-state index contributed by atoms with van der Waals surface area (Å²) in [5, 5.41) is 5.65. The Bertz CT molecular complexity index is 744. The molecular weight excluding hydrogens is 298 g/mol. The van der Waals surface area contributed by atoms with Gasteiger partial charge in [0.2, 0.25) is 0 Å². The van der Waals surface area contributed by atoms with E-state index in [-0.39, 0.29) is 16.8 Å². The van der Waals surface area contributed by atoms with Crippen LogP contribution in [0.25, 0.3) is 0 Å². The molecule has 1 amide bonds. The molecule has 2 rings (SSSR count). The largest absolute Gasteiger partial charge is 0.376 e. The molecule has 6 heteroatoms. The highest BCUT2D eigenvalue weighted by Crippen LogP contribution is 2.15. The Morgan fingerprint density at radius 2 is 1.50 bits per heavy atom. The lowest BCUT2D eigenvalue weighted by atomic mass is 10.1. The number of carbonyl (C=O) groups excluding carboxylic acids is 2. The average Bonchev–Trinajstić information content (AvgIpc) is 2.47. The van der Waals surface area contributed by atoms with Gasteiger partial charge in [0.25, 0.3) is 5.91 Å². The Kier molecular flexibility index (Phi) is 4.85. The van der Waals surface area contributed by atoms with E-state index in [0.717, 1.165) is 0 Å². The summed E-state index contributed by atoms with van der Waals surface area (Å²) in [6, 6.07) is 13.6. The van der Waals surface area contributed by atoms with Crippen LogP contribution in [0, 0.1) is 0 Å². The van der Waals surface area contributed by atoms with Crippen LogP contribution in [-0.2, 0) is 0 Å². The van der Waals surface area contributed by atoms with E-state index in [1.807, 2.05) is 0 Å². The van der Waals surface area contributed by atoms with E-state index in [9.17, 15) is 9.59 Å². The lowest BCUT2D eigenvalue weighted by Crippen LogP contribution is -2.19. The molecule has 0 atom stereocenters. The van der Waals surface area contributed by atoms with Gasteiger partial charge in [-0.15, -0.1) is 0 Å².